The lowest BCUT2D eigenvalue weighted by molar-refractivity contribution is 0.637. The zero-order valence-corrected chi connectivity index (χ0v) is 7.16. The third-order valence-corrected chi connectivity index (χ3v) is 2.29. The molecule has 0 aliphatic heterocycles. The van der Waals surface area contributed by atoms with Crippen LogP contribution in [0.4, 0.5) is 4.39 Å². The molecule has 0 spiro atoms. The smallest absolute Gasteiger partial charge is 0.153 e. The molecule has 0 radical (unpaired) electrons. The largest absolute Gasteiger partial charge is 0.257 e. The summed E-state index contributed by atoms with van der Waals surface area (Å²) >= 11 is 0. The lowest BCUT2D eigenvalue weighted by Gasteiger charge is -1.98. The molecule has 0 aliphatic carbocycles. The van der Waals surface area contributed by atoms with E-state index in [-0.39, 0.29) is 5.82 Å². The average Bonchev–Trinajstić information content (AvgIpc) is 2.67. The fraction of sp³-hybridized carbons (Fsp3) is 0. The first-order chi connectivity index (χ1) is 6.86. The van der Waals surface area contributed by atoms with Crippen LogP contribution < -0.4 is 0 Å². The van der Waals surface area contributed by atoms with E-state index in [9.17, 15) is 4.39 Å². The van der Waals surface area contributed by atoms with Gasteiger partial charge in [0.05, 0.1) is 5.52 Å². The molecule has 0 unspecified atom stereocenters. The zero-order chi connectivity index (χ0) is 9.54. The van der Waals surface area contributed by atoms with E-state index in [1.807, 2.05) is 24.3 Å². The maximum Gasteiger partial charge on any atom is 0.153 e. The van der Waals surface area contributed by atoms with Gasteiger partial charge in [0, 0.05) is 5.39 Å². The van der Waals surface area contributed by atoms with Crippen molar-refractivity contribution in [2.45, 2.75) is 0 Å². The van der Waals surface area contributed by atoms with Crippen LogP contribution >= 0.6 is 0 Å². The van der Waals surface area contributed by atoms with Gasteiger partial charge < -0.3 is 0 Å². The summed E-state index contributed by atoms with van der Waals surface area (Å²) in [4.78, 5) is 0. The zero-order valence-electron chi connectivity index (χ0n) is 7.16. The van der Waals surface area contributed by atoms with E-state index in [4.69, 9.17) is 0 Å². The molecule has 1 N–H and O–H groups in total. The Morgan fingerprint density at radius 1 is 1.21 bits per heavy atom. The first kappa shape index (κ1) is 7.44. The molecule has 1 heterocycles. The number of nitrogens with zero attached hydrogens (tertiary/aromatic N) is 2. The van der Waals surface area contributed by atoms with Crippen molar-refractivity contribution >= 4 is 21.8 Å². The monoisotopic (exact) mass is 187 g/mol. The Morgan fingerprint density at radius 2 is 2.07 bits per heavy atom. The van der Waals surface area contributed by atoms with Crippen LogP contribution in [0.25, 0.3) is 21.8 Å². The van der Waals surface area contributed by atoms with E-state index in [2.05, 4.69) is 15.4 Å². The van der Waals surface area contributed by atoms with Gasteiger partial charge >= 0.3 is 0 Å². The van der Waals surface area contributed by atoms with Crippen LogP contribution in [0.15, 0.2) is 30.3 Å². The highest BCUT2D eigenvalue weighted by atomic mass is 19.1. The summed E-state index contributed by atoms with van der Waals surface area (Å²) < 4.78 is 13.4. The predicted molar refractivity (Wildman–Crippen MR) is 51.4 cm³/mol. The first-order valence-corrected chi connectivity index (χ1v) is 4.24. The molecule has 3 rings (SSSR count). The summed E-state index contributed by atoms with van der Waals surface area (Å²) in [5.41, 5.74) is 0.948. The molecule has 0 atom stereocenters. The molecule has 14 heavy (non-hydrogen) atoms. The van der Waals surface area contributed by atoms with Crippen LogP contribution in [-0.2, 0) is 0 Å². The fourth-order valence-corrected chi connectivity index (χ4v) is 1.64. The molecule has 0 saturated heterocycles. The van der Waals surface area contributed by atoms with Crippen LogP contribution in [0.5, 0.6) is 0 Å². The molecular formula is C10H6FN3. The standard InChI is InChI=1S/C10H6FN3/c11-8-5-6-3-1-2-4-7(6)9-10(8)13-14-12-9/h1-5H,(H,12,13,14). The highest BCUT2D eigenvalue weighted by Crippen LogP contribution is 2.24. The molecule has 3 nitrogen and oxygen atoms in total. The van der Waals surface area contributed by atoms with Crippen LogP contribution in [0.1, 0.15) is 0 Å². The van der Waals surface area contributed by atoms with Gasteiger partial charge in [-0.1, -0.05) is 29.5 Å². The molecule has 0 amide bonds. The molecular weight excluding hydrogens is 181 g/mol. The van der Waals surface area contributed by atoms with Crippen molar-refractivity contribution in [3.63, 3.8) is 0 Å². The predicted octanol–water partition coefficient (Wildman–Crippen LogP) is 2.25. The van der Waals surface area contributed by atoms with Gasteiger partial charge in [0.2, 0.25) is 0 Å². The fourth-order valence-electron chi connectivity index (χ4n) is 1.64. The second kappa shape index (κ2) is 2.51. The Kier molecular flexibility index (Phi) is 1.33. The molecule has 0 aliphatic rings. The Bertz CT molecular complexity index is 615. The number of hydrogen-bond donors (Lipinski definition) is 1. The maximum atomic E-state index is 13.4. The minimum absolute atomic E-state index is 0.295. The number of halogens is 1. The lowest BCUT2D eigenvalue weighted by Crippen LogP contribution is -1.81. The first-order valence-electron chi connectivity index (χ1n) is 4.24. The Hall–Kier alpha value is -1.97. The van der Waals surface area contributed by atoms with Crippen molar-refractivity contribution < 1.29 is 4.39 Å². The van der Waals surface area contributed by atoms with Crippen molar-refractivity contribution in [3.05, 3.63) is 36.1 Å². The third kappa shape index (κ3) is 0.849. The minimum Gasteiger partial charge on any atom is -0.257 e. The number of nitrogens with one attached hydrogen (secondary N) is 1. The van der Waals surface area contributed by atoms with Crippen molar-refractivity contribution in [1.29, 1.82) is 0 Å². The average molecular weight is 187 g/mol. The summed E-state index contributed by atoms with van der Waals surface area (Å²) in [5.74, 6) is -0.340. The Morgan fingerprint density at radius 3 is 3.00 bits per heavy atom. The van der Waals surface area contributed by atoms with E-state index in [1.54, 1.807) is 0 Å². The third-order valence-electron chi connectivity index (χ3n) is 2.29. The van der Waals surface area contributed by atoms with Gasteiger partial charge in [0.25, 0.3) is 0 Å². The highest BCUT2D eigenvalue weighted by Gasteiger charge is 2.08. The Labute approximate surface area is 78.5 Å². The van der Waals surface area contributed by atoms with Crippen molar-refractivity contribution in [2.24, 2.45) is 0 Å². The number of fused-ring (bicyclic) bond motifs is 3. The van der Waals surface area contributed by atoms with E-state index < -0.39 is 0 Å². The molecule has 0 fully saturated rings. The summed E-state index contributed by atoms with van der Waals surface area (Å²) in [6, 6.07) is 9.02. The van der Waals surface area contributed by atoms with E-state index in [0.29, 0.717) is 11.0 Å². The second-order valence-corrected chi connectivity index (χ2v) is 3.11. The van der Waals surface area contributed by atoms with Crippen molar-refractivity contribution in [2.75, 3.05) is 0 Å². The summed E-state index contributed by atoms with van der Waals surface area (Å²) in [6.07, 6.45) is 0. The summed E-state index contributed by atoms with van der Waals surface area (Å²) in [5, 5.41) is 11.8. The van der Waals surface area contributed by atoms with Crippen LogP contribution in [-0.4, -0.2) is 15.4 Å². The normalized spacial score (nSPS) is 11.2. The van der Waals surface area contributed by atoms with Gasteiger partial charge in [0.15, 0.2) is 5.82 Å². The second-order valence-electron chi connectivity index (χ2n) is 3.11. The minimum atomic E-state index is -0.340. The molecule has 1 aromatic heterocycles. The number of hydrogen-bond acceptors (Lipinski definition) is 2. The lowest BCUT2D eigenvalue weighted by atomic mass is 10.1. The molecule has 0 saturated carbocycles. The van der Waals surface area contributed by atoms with E-state index in [1.165, 1.54) is 6.07 Å². The number of rotatable bonds is 0. The van der Waals surface area contributed by atoms with Gasteiger partial charge in [-0.2, -0.15) is 0 Å². The van der Waals surface area contributed by atoms with E-state index >= 15 is 0 Å². The number of aromatic nitrogens is 3. The maximum absolute atomic E-state index is 13.4. The number of aromatic amines is 1. The Balaban J connectivity index is 2.66. The van der Waals surface area contributed by atoms with Gasteiger partial charge in [0.1, 0.15) is 5.52 Å². The molecule has 2 aromatic carbocycles. The van der Waals surface area contributed by atoms with Gasteiger partial charge in [-0.15, -0.1) is 5.10 Å². The molecule has 68 valence electrons. The molecule has 3 aromatic rings. The van der Waals surface area contributed by atoms with Gasteiger partial charge in [-0.3, -0.25) is 5.10 Å². The molecule has 4 heteroatoms. The quantitative estimate of drug-likeness (QED) is 0.586. The summed E-state index contributed by atoms with van der Waals surface area (Å²) in [6.45, 7) is 0. The van der Waals surface area contributed by atoms with Gasteiger partial charge in [-0.25, -0.2) is 4.39 Å². The van der Waals surface area contributed by atoms with Crippen LogP contribution in [0, 0.1) is 5.82 Å². The van der Waals surface area contributed by atoms with Crippen molar-refractivity contribution in [3.8, 4) is 0 Å². The van der Waals surface area contributed by atoms with Gasteiger partial charge in [-0.05, 0) is 11.5 Å². The highest BCUT2D eigenvalue weighted by molar-refractivity contribution is 6.03. The van der Waals surface area contributed by atoms with Crippen molar-refractivity contribution in [1.82, 2.24) is 15.4 Å². The van der Waals surface area contributed by atoms with Crippen LogP contribution in [0.2, 0.25) is 0 Å². The molecule has 0 bridgehead atoms. The number of H-pyrrole nitrogens is 1. The summed E-state index contributed by atoms with van der Waals surface area (Å²) in [7, 11) is 0. The van der Waals surface area contributed by atoms with E-state index in [0.717, 1.165) is 10.8 Å². The SMILES string of the molecule is Fc1cc2ccccc2c2[nH]nnc12. The van der Waals surface area contributed by atoms with Crippen LogP contribution in [0.3, 0.4) is 0 Å². The topological polar surface area (TPSA) is 41.6 Å². The number of benzene rings is 2.